The zero-order valence-electron chi connectivity index (χ0n) is 14.6. The summed E-state index contributed by atoms with van der Waals surface area (Å²) in [5.74, 6) is 1.55. The van der Waals surface area contributed by atoms with Crippen LogP contribution in [0.15, 0.2) is 59.6 Å². The largest absolute Gasteiger partial charge is 0.355 e. The third kappa shape index (κ3) is 6.66. The molecule has 0 amide bonds. The van der Waals surface area contributed by atoms with E-state index in [9.17, 15) is 8.60 Å². The van der Waals surface area contributed by atoms with E-state index in [-0.39, 0.29) is 5.82 Å². The summed E-state index contributed by atoms with van der Waals surface area (Å²) in [7, 11) is 2.66. The molecule has 0 aromatic heterocycles. The number of rotatable bonds is 7. The molecule has 0 aliphatic carbocycles. The Morgan fingerprint density at radius 1 is 1.16 bits per heavy atom. The van der Waals surface area contributed by atoms with Crippen LogP contribution in [0.25, 0.3) is 0 Å². The third-order valence-electron chi connectivity index (χ3n) is 3.67. The van der Waals surface area contributed by atoms with Gasteiger partial charge in [0.2, 0.25) is 0 Å². The van der Waals surface area contributed by atoms with Crippen molar-refractivity contribution in [3.63, 3.8) is 0 Å². The summed E-state index contributed by atoms with van der Waals surface area (Å²) >= 11 is 0. The number of halogens is 1. The summed E-state index contributed by atoms with van der Waals surface area (Å²) in [6.07, 6.45) is 0. The van der Waals surface area contributed by atoms with E-state index in [2.05, 4.69) is 10.3 Å². The van der Waals surface area contributed by atoms with E-state index < -0.39 is 10.8 Å². The van der Waals surface area contributed by atoms with E-state index in [1.807, 2.05) is 48.3 Å². The first kappa shape index (κ1) is 19.1. The van der Waals surface area contributed by atoms with Crippen molar-refractivity contribution in [3.8, 4) is 0 Å². The first-order chi connectivity index (χ1) is 12.1. The van der Waals surface area contributed by atoms with Gasteiger partial charge in [0.1, 0.15) is 5.82 Å². The molecule has 0 fully saturated rings. The Labute approximate surface area is 151 Å². The third-order valence-corrected chi connectivity index (χ3v) is 4.98. The van der Waals surface area contributed by atoms with Gasteiger partial charge in [0, 0.05) is 49.5 Å². The predicted octanol–water partition coefficient (Wildman–Crippen LogP) is 2.78. The van der Waals surface area contributed by atoms with Crippen LogP contribution in [0.1, 0.15) is 11.1 Å². The normalized spacial score (nSPS) is 12.7. The van der Waals surface area contributed by atoms with E-state index >= 15 is 0 Å². The average molecular weight is 361 g/mol. The van der Waals surface area contributed by atoms with Gasteiger partial charge in [0.05, 0.1) is 0 Å². The van der Waals surface area contributed by atoms with Crippen LogP contribution in [0.3, 0.4) is 0 Å². The van der Waals surface area contributed by atoms with Crippen molar-refractivity contribution in [2.24, 2.45) is 4.99 Å². The minimum Gasteiger partial charge on any atom is -0.355 e. The second kappa shape index (κ2) is 9.93. The zero-order valence-corrected chi connectivity index (χ0v) is 15.4. The predicted molar refractivity (Wildman–Crippen MR) is 102 cm³/mol. The van der Waals surface area contributed by atoms with Crippen LogP contribution >= 0.6 is 0 Å². The van der Waals surface area contributed by atoms with Crippen molar-refractivity contribution >= 4 is 16.8 Å². The summed E-state index contributed by atoms with van der Waals surface area (Å²) in [5.41, 5.74) is 1.95. The highest BCUT2D eigenvalue weighted by molar-refractivity contribution is 7.84. The summed E-state index contributed by atoms with van der Waals surface area (Å²) in [4.78, 5) is 6.14. The van der Waals surface area contributed by atoms with E-state index in [1.165, 1.54) is 12.1 Å². The molecule has 0 heterocycles. The van der Waals surface area contributed by atoms with E-state index in [1.54, 1.807) is 13.1 Å². The van der Waals surface area contributed by atoms with Crippen LogP contribution in [0, 0.1) is 5.82 Å². The van der Waals surface area contributed by atoms with Gasteiger partial charge >= 0.3 is 0 Å². The monoisotopic (exact) mass is 361 g/mol. The summed E-state index contributed by atoms with van der Waals surface area (Å²) in [6.45, 7) is 1.12. The quantitative estimate of drug-likeness (QED) is 0.609. The van der Waals surface area contributed by atoms with Crippen LogP contribution in [0.5, 0.6) is 0 Å². The molecule has 0 spiro atoms. The number of guanidine groups is 1. The molecular weight excluding hydrogens is 337 g/mol. The van der Waals surface area contributed by atoms with Gasteiger partial charge in [-0.05, 0) is 23.3 Å². The van der Waals surface area contributed by atoms with Gasteiger partial charge in [-0.25, -0.2) is 4.39 Å². The highest BCUT2D eigenvalue weighted by Crippen LogP contribution is 2.06. The van der Waals surface area contributed by atoms with Crippen LogP contribution in [-0.2, 0) is 23.1 Å². The molecule has 4 nitrogen and oxygen atoms in total. The lowest BCUT2D eigenvalue weighted by Crippen LogP contribution is -2.40. The van der Waals surface area contributed by atoms with Crippen LogP contribution in [-0.4, -0.2) is 41.5 Å². The Bertz CT molecular complexity index is 722. The molecular formula is C19H24FN3OS. The highest BCUT2D eigenvalue weighted by Gasteiger charge is 2.08. The van der Waals surface area contributed by atoms with Crippen LogP contribution < -0.4 is 5.32 Å². The molecule has 1 N–H and O–H groups in total. The molecule has 0 aliphatic rings. The smallest absolute Gasteiger partial charge is 0.193 e. The molecule has 1 unspecified atom stereocenters. The van der Waals surface area contributed by atoms with E-state index in [4.69, 9.17) is 0 Å². The topological polar surface area (TPSA) is 44.7 Å². The average Bonchev–Trinajstić information content (AvgIpc) is 2.59. The Morgan fingerprint density at radius 3 is 2.56 bits per heavy atom. The van der Waals surface area contributed by atoms with E-state index in [0.717, 1.165) is 11.1 Å². The molecule has 25 heavy (non-hydrogen) atoms. The van der Waals surface area contributed by atoms with Crippen molar-refractivity contribution in [3.05, 3.63) is 71.5 Å². The molecule has 2 rings (SSSR count). The fraction of sp³-hybridized carbons (Fsp3) is 0.316. The maximum absolute atomic E-state index is 13.3. The molecule has 2 aromatic rings. The highest BCUT2D eigenvalue weighted by atomic mass is 32.2. The number of benzene rings is 2. The van der Waals surface area contributed by atoms with Gasteiger partial charge < -0.3 is 10.2 Å². The molecule has 2 aromatic carbocycles. The molecule has 134 valence electrons. The number of aliphatic imine (C=N–C) groups is 1. The van der Waals surface area contributed by atoms with E-state index in [0.29, 0.717) is 30.6 Å². The lowest BCUT2D eigenvalue weighted by molar-refractivity contribution is 0.477. The number of hydrogen-bond acceptors (Lipinski definition) is 2. The fourth-order valence-electron chi connectivity index (χ4n) is 2.48. The minimum absolute atomic E-state index is 0.245. The zero-order chi connectivity index (χ0) is 18.1. The summed E-state index contributed by atoms with van der Waals surface area (Å²) in [6, 6.07) is 16.3. The molecule has 0 aliphatic heterocycles. The summed E-state index contributed by atoms with van der Waals surface area (Å²) < 4.78 is 25.4. The Hall–Kier alpha value is -2.21. The van der Waals surface area contributed by atoms with Gasteiger partial charge in [-0.1, -0.05) is 42.5 Å². The number of nitrogens with zero attached hydrogens (tertiary/aromatic N) is 2. The van der Waals surface area contributed by atoms with Gasteiger partial charge in [-0.2, -0.15) is 0 Å². The summed E-state index contributed by atoms with van der Waals surface area (Å²) in [5, 5.41) is 3.21. The molecule has 0 saturated carbocycles. The van der Waals surface area contributed by atoms with Crippen molar-refractivity contribution in [2.75, 3.05) is 26.4 Å². The Kier molecular flexibility index (Phi) is 7.60. The fourth-order valence-corrected chi connectivity index (χ4v) is 3.52. The van der Waals surface area contributed by atoms with Gasteiger partial charge in [0.15, 0.2) is 5.96 Å². The molecule has 0 radical (unpaired) electrons. The SMILES string of the molecule is CN=C(NCCS(=O)Cc1ccccc1)N(C)Cc1cccc(F)c1. The standard InChI is InChI=1S/C19H24FN3OS/c1-21-19(23(2)14-17-9-6-10-18(20)13-17)22-11-12-25(24)15-16-7-4-3-5-8-16/h3-10,13H,11-12,14-15H2,1-2H3,(H,21,22). The van der Waals surface area contributed by atoms with Crippen molar-refractivity contribution in [1.29, 1.82) is 0 Å². The van der Waals surface area contributed by atoms with Crippen LogP contribution in [0.2, 0.25) is 0 Å². The Morgan fingerprint density at radius 2 is 1.88 bits per heavy atom. The lowest BCUT2D eigenvalue weighted by atomic mass is 10.2. The second-order valence-electron chi connectivity index (χ2n) is 5.73. The van der Waals surface area contributed by atoms with Crippen molar-refractivity contribution in [2.45, 2.75) is 12.3 Å². The maximum atomic E-state index is 13.3. The second-order valence-corrected chi connectivity index (χ2v) is 7.31. The van der Waals surface area contributed by atoms with Crippen molar-refractivity contribution in [1.82, 2.24) is 10.2 Å². The number of nitrogens with one attached hydrogen (secondary N) is 1. The lowest BCUT2D eigenvalue weighted by Gasteiger charge is -2.22. The van der Waals surface area contributed by atoms with Gasteiger partial charge in [0.25, 0.3) is 0 Å². The maximum Gasteiger partial charge on any atom is 0.193 e. The number of hydrogen-bond donors (Lipinski definition) is 1. The van der Waals surface area contributed by atoms with Crippen molar-refractivity contribution < 1.29 is 8.60 Å². The molecule has 0 bridgehead atoms. The van der Waals surface area contributed by atoms with Crippen LogP contribution in [0.4, 0.5) is 4.39 Å². The molecule has 1 atom stereocenters. The first-order valence-corrected chi connectivity index (χ1v) is 9.62. The van der Waals surface area contributed by atoms with Gasteiger partial charge in [-0.15, -0.1) is 0 Å². The van der Waals surface area contributed by atoms with Gasteiger partial charge in [-0.3, -0.25) is 9.20 Å². The first-order valence-electron chi connectivity index (χ1n) is 8.13. The Balaban J connectivity index is 1.78. The minimum atomic E-state index is -0.929. The molecule has 6 heteroatoms. The molecule has 0 saturated heterocycles.